The Morgan fingerprint density at radius 1 is 0.741 bits per heavy atom. The van der Waals surface area contributed by atoms with Gasteiger partial charge >= 0.3 is 0 Å². The minimum Gasteiger partial charge on any atom is -0.507 e. The van der Waals surface area contributed by atoms with Crippen molar-refractivity contribution < 1.29 is 10.2 Å². The van der Waals surface area contributed by atoms with Crippen molar-refractivity contribution in [2.24, 2.45) is 0 Å². The molecule has 0 saturated heterocycles. The van der Waals surface area contributed by atoms with Crippen LogP contribution in [0.15, 0.2) is 47.2 Å². The molecule has 0 aliphatic heterocycles. The van der Waals surface area contributed by atoms with E-state index in [-0.39, 0.29) is 10.8 Å². The lowest BCUT2D eigenvalue weighted by Gasteiger charge is -2.33. The van der Waals surface area contributed by atoms with E-state index >= 15 is 0 Å². The lowest BCUT2D eigenvalue weighted by atomic mass is 9.76. The number of aliphatic hydroxyl groups is 1. The minimum atomic E-state index is -1.23. The first kappa shape index (κ1) is 20.1. The van der Waals surface area contributed by atoms with Gasteiger partial charge in [-0.15, -0.1) is 22.7 Å². The first-order chi connectivity index (χ1) is 12.5. The Bertz CT molecular complexity index is 839. The molecule has 144 valence electrons. The van der Waals surface area contributed by atoms with Gasteiger partial charge in [0.1, 0.15) is 5.75 Å². The van der Waals surface area contributed by atoms with Crippen LogP contribution in [-0.2, 0) is 16.4 Å². The number of aromatic hydroxyl groups is 1. The van der Waals surface area contributed by atoms with Crippen molar-refractivity contribution in [3.8, 4) is 5.75 Å². The van der Waals surface area contributed by atoms with Crippen LogP contribution in [0.4, 0.5) is 0 Å². The molecule has 2 aromatic heterocycles. The van der Waals surface area contributed by atoms with Crippen molar-refractivity contribution in [3.63, 3.8) is 0 Å². The smallest absolute Gasteiger partial charge is 0.158 e. The Hall–Kier alpha value is -1.62. The lowest BCUT2D eigenvalue weighted by molar-refractivity contribution is 0.133. The van der Waals surface area contributed by atoms with Crippen molar-refractivity contribution in [1.82, 2.24) is 0 Å². The molecule has 0 atom stereocenters. The number of phenols is 1. The standard InChI is InChI=1S/C23H28O2S2/c1-21(2,3)16-13-15(14-17(20(16)24)22(4,5)6)23(25,18-9-7-11-26-18)19-10-8-12-27-19/h7-14,24-25H,1-6H3. The summed E-state index contributed by atoms with van der Waals surface area (Å²) in [5.41, 5.74) is 0.807. The highest BCUT2D eigenvalue weighted by Crippen LogP contribution is 2.46. The molecule has 0 aliphatic rings. The third kappa shape index (κ3) is 3.58. The molecule has 0 saturated carbocycles. The highest BCUT2D eigenvalue weighted by atomic mass is 32.1. The van der Waals surface area contributed by atoms with Gasteiger partial charge in [-0.25, -0.2) is 0 Å². The molecule has 27 heavy (non-hydrogen) atoms. The fourth-order valence-electron chi connectivity index (χ4n) is 3.36. The Balaban J connectivity index is 2.37. The zero-order valence-corrected chi connectivity index (χ0v) is 18.5. The summed E-state index contributed by atoms with van der Waals surface area (Å²) in [7, 11) is 0. The maximum atomic E-state index is 12.0. The molecule has 0 unspecified atom stereocenters. The number of hydrogen-bond donors (Lipinski definition) is 2. The maximum absolute atomic E-state index is 12.0. The van der Waals surface area contributed by atoms with E-state index in [1.165, 1.54) is 0 Å². The number of thiophene rings is 2. The molecule has 0 fully saturated rings. The van der Waals surface area contributed by atoms with Gasteiger partial charge in [0.2, 0.25) is 0 Å². The summed E-state index contributed by atoms with van der Waals surface area (Å²) >= 11 is 3.10. The normalized spacial score (nSPS) is 13.1. The van der Waals surface area contributed by atoms with Crippen LogP contribution in [0.1, 0.15) is 68.0 Å². The van der Waals surface area contributed by atoms with E-state index in [0.717, 1.165) is 26.4 Å². The van der Waals surface area contributed by atoms with Gasteiger partial charge in [-0.3, -0.25) is 0 Å². The van der Waals surface area contributed by atoms with Crippen LogP contribution in [0.25, 0.3) is 0 Å². The Morgan fingerprint density at radius 2 is 1.15 bits per heavy atom. The van der Waals surface area contributed by atoms with E-state index in [1.807, 2.05) is 47.2 Å². The fourth-order valence-corrected chi connectivity index (χ4v) is 5.14. The molecule has 1 aromatic carbocycles. The molecular weight excluding hydrogens is 372 g/mol. The second-order valence-electron chi connectivity index (χ2n) is 9.08. The van der Waals surface area contributed by atoms with E-state index in [1.54, 1.807) is 22.7 Å². The van der Waals surface area contributed by atoms with Crippen molar-refractivity contribution in [1.29, 1.82) is 0 Å². The third-order valence-electron chi connectivity index (χ3n) is 4.90. The molecular formula is C23H28O2S2. The summed E-state index contributed by atoms with van der Waals surface area (Å²) in [5.74, 6) is 0.332. The lowest BCUT2D eigenvalue weighted by Crippen LogP contribution is -2.29. The number of phenolic OH excluding ortho intramolecular Hbond substituents is 1. The average molecular weight is 401 g/mol. The van der Waals surface area contributed by atoms with Crippen molar-refractivity contribution in [2.45, 2.75) is 58.0 Å². The molecule has 2 N–H and O–H groups in total. The number of rotatable bonds is 3. The van der Waals surface area contributed by atoms with E-state index in [0.29, 0.717) is 5.75 Å². The third-order valence-corrected chi connectivity index (χ3v) is 6.86. The van der Waals surface area contributed by atoms with E-state index < -0.39 is 5.60 Å². The molecule has 0 amide bonds. The average Bonchev–Trinajstić information content (AvgIpc) is 3.26. The Morgan fingerprint density at radius 3 is 1.44 bits per heavy atom. The molecule has 0 bridgehead atoms. The summed E-state index contributed by atoms with van der Waals surface area (Å²) in [6, 6.07) is 11.8. The van der Waals surface area contributed by atoms with Crippen molar-refractivity contribution >= 4 is 22.7 Å². The zero-order valence-electron chi connectivity index (χ0n) is 16.8. The second-order valence-corrected chi connectivity index (χ2v) is 11.0. The van der Waals surface area contributed by atoms with Gasteiger partial charge in [-0.05, 0) is 62.5 Å². The van der Waals surface area contributed by atoms with Gasteiger partial charge in [-0.2, -0.15) is 0 Å². The molecule has 0 aliphatic carbocycles. The predicted octanol–water partition coefficient (Wildman–Crippen LogP) is 6.39. The van der Waals surface area contributed by atoms with E-state index in [9.17, 15) is 10.2 Å². The van der Waals surface area contributed by atoms with Crippen molar-refractivity contribution in [3.05, 3.63) is 73.6 Å². The predicted molar refractivity (Wildman–Crippen MR) is 116 cm³/mol. The molecule has 0 radical (unpaired) electrons. The number of hydrogen-bond acceptors (Lipinski definition) is 4. The number of benzene rings is 1. The van der Waals surface area contributed by atoms with Gasteiger partial charge in [0, 0.05) is 9.75 Å². The zero-order chi connectivity index (χ0) is 20.0. The Kier molecular flexibility index (Phi) is 5.04. The molecule has 3 aromatic rings. The van der Waals surface area contributed by atoms with Gasteiger partial charge in [0.15, 0.2) is 5.60 Å². The van der Waals surface area contributed by atoms with Crippen LogP contribution >= 0.6 is 22.7 Å². The monoisotopic (exact) mass is 400 g/mol. The van der Waals surface area contributed by atoms with Crippen LogP contribution in [0, 0.1) is 0 Å². The highest BCUT2D eigenvalue weighted by Gasteiger charge is 2.39. The fraction of sp³-hybridized carbons (Fsp3) is 0.391. The van der Waals surface area contributed by atoms with Gasteiger partial charge < -0.3 is 10.2 Å². The first-order valence-corrected chi connectivity index (χ1v) is 10.9. The summed E-state index contributed by atoms with van der Waals surface area (Å²) in [6.07, 6.45) is 0. The molecule has 4 heteroatoms. The minimum absolute atomic E-state index is 0.244. The summed E-state index contributed by atoms with van der Waals surface area (Å²) in [4.78, 5) is 1.77. The summed E-state index contributed by atoms with van der Waals surface area (Å²) < 4.78 is 0. The van der Waals surface area contributed by atoms with Crippen LogP contribution < -0.4 is 0 Å². The van der Waals surface area contributed by atoms with Crippen LogP contribution in [0.2, 0.25) is 0 Å². The van der Waals surface area contributed by atoms with Gasteiger partial charge in [-0.1, -0.05) is 53.7 Å². The highest BCUT2D eigenvalue weighted by molar-refractivity contribution is 7.11. The maximum Gasteiger partial charge on any atom is 0.158 e. The topological polar surface area (TPSA) is 40.5 Å². The van der Waals surface area contributed by atoms with Gasteiger partial charge in [0.25, 0.3) is 0 Å². The van der Waals surface area contributed by atoms with Crippen LogP contribution in [0.5, 0.6) is 5.75 Å². The first-order valence-electron chi connectivity index (χ1n) is 9.14. The SMILES string of the molecule is CC(C)(C)c1cc(C(O)(c2cccs2)c2cccs2)cc(C(C)(C)C)c1O. The quantitative estimate of drug-likeness (QED) is 0.534. The summed E-state index contributed by atoms with van der Waals surface area (Å²) in [6.45, 7) is 12.5. The Labute approximate surface area is 170 Å². The van der Waals surface area contributed by atoms with Crippen molar-refractivity contribution in [2.75, 3.05) is 0 Å². The largest absolute Gasteiger partial charge is 0.507 e. The molecule has 3 rings (SSSR count). The van der Waals surface area contributed by atoms with E-state index in [4.69, 9.17) is 0 Å². The van der Waals surface area contributed by atoms with E-state index in [2.05, 4.69) is 41.5 Å². The van der Waals surface area contributed by atoms with Crippen LogP contribution in [-0.4, -0.2) is 10.2 Å². The molecule has 2 nitrogen and oxygen atoms in total. The second kappa shape index (κ2) is 6.77. The molecule has 2 heterocycles. The summed E-state index contributed by atoms with van der Waals surface area (Å²) in [5, 5.41) is 27.0. The van der Waals surface area contributed by atoms with Gasteiger partial charge in [0.05, 0.1) is 0 Å². The van der Waals surface area contributed by atoms with Crippen LogP contribution in [0.3, 0.4) is 0 Å². The molecule has 0 spiro atoms.